The van der Waals surface area contributed by atoms with E-state index >= 15 is 0 Å². The van der Waals surface area contributed by atoms with Crippen LogP contribution in [0.15, 0.2) is 27.6 Å². The number of piperazine rings is 1. The van der Waals surface area contributed by atoms with Crippen molar-refractivity contribution in [3.8, 4) is 0 Å². The zero-order chi connectivity index (χ0) is 16.2. The summed E-state index contributed by atoms with van der Waals surface area (Å²) in [6.45, 7) is 4.99. The van der Waals surface area contributed by atoms with Crippen LogP contribution in [-0.4, -0.2) is 66.7 Å². The second-order valence-electron chi connectivity index (χ2n) is 5.50. The lowest BCUT2D eigenvalue weighted by atomic mass is 10.3. The molecule has 1 aliphatic rings. The highest BCUT2D eigenvalue weighted by molar-refractivity contribution is 9.10. The number of anilines is 1. The fourth-order valence-corrected chi connectivity index (χ4v) is 4.33. The molecule has 0 radical (unpaired) electrons. The summed E-state index contributed by atoms with van der Waals surface area (Å²) in [5.74, 6) is 0. The molecule has 1 saturated heterocycles. The Hall–Kier alpha value is -0.670. The molecule has 2 rings (SSSR count). The van der Waals surface area contributed by atoms with Crippen molar-refractivity contribution in [1.29, 1.82) is 0 Å². The summed E-state index contributed by atoms with van der Waals surface area (Å²) in [6, 6.07) is 5.32. The van der Waals surface area contributed by atoms with Crippen LogP contribution < -0.4 is 14.9 Å². The van der Waals surface area contributed by atoms with Gasteiger partial charge in [0.1, 0.15) is 0 Å². The lowest BCUT2D eigenvalue weighted by Crippen LogP contribution is -2.46. The molecule has 0 bridgehead atoms. The molecule has 1 aromatic rings. The largest absolute Gasteiger partial charge is 0.378 e. The second kappa shape index (κ2) is 7.74. The van der Waals surface area contributed by atoms with Crippen LogP contribution in [0.4, 0.5) is 5.69 Å². The Balaban J connectivity index is 2.01. The zero-order valence-corrected chi connectivity index (χ0v) is 15.4. The van der Waals surface area contributed by atoms with E-state index < -0.39 is 10.0 Å². The molecule has 0 atom stereocenters. The van der Waals surface area contributed by atoms with Crippen molar-refractivity contribution in [2.75, 3.05) is 58.3 Å². The Morgan fingerprint density at radius 1 is 1.32 bits per heavy atom. The van der Waals surface area contributed by atoms with Crippen LogP contribution in [0.5, 0.6) is 0 Å². The number of benzene rings is 1. The van der Waals surface area contributed by atoms with Crippen LogP contribution in [0, 0.1) is 0 Å². The quantitative estimate of drug-likeness (QED) is 0.748. The van der Waals surface area contributed by atoms with Crippen molar-refractivity contribution < 1.29 is 8.42 Å². The average molecular weight is 391 g/mol. The van der Waals surface area contributed by atoms with Gasteiger partial charge in [-0.25, -0.2) is 13.1 Å². The Bertz CT molecular complexity index is 601. The SMILES string of the molecule is CN(C)c1ccc(Br)c(S(=O)(=O)NCCN2CCNCC2)c1. The van der Waals surface area contributed by atoms with Crippen LogP contribution in [0.25, 0.3) is 0 Å². The minimum Gasteiger partial charge on any atom is -0.378 e. The lowest BCUT2D eigenvalue weighted by molar-refractivity contribution is 0.245. The third-order valence-electron chi connectivity index (χ3n) is 3.65. The zero-order valence-electron chi connectivity index (χ0n) is 13.0. The van der Waals surface area contributed by atoms with Gasteiger partial charge in [0.2, 0.25) is 10.0 Å². The minimum absolute atomic E-state index is 0.277. The molecule has 0 aliphatic carbocycles. The molecule has 2 N–H and O–H groups in total. The highest BCUT2D eigenvalue weighted by Gasteiger charge is 2.19. The molecule has 0 spiro atoms. The van der Waals surface area contributed by atoms with Crippen molar-refractivity contribution >= 4 is 31.6 Å². The first-order valence-electron chi connectivity index (χ1n) is 7.30. The van der Waals surface area contributed by atoms with Crippen molar-refractivity contribution in [2.24, 2.45) is 0 Å². The Kier molecular flexibility index (Phi) is 6.22. The Morgan fingerprint density at radius 2 is 2.00 bits per heavy atom. The molecule has 0 amide bonds. The van der Waals surface area contributed by atoms with Crippen molar-refractivity contribution in [3.63, 3.8) is 0 Å². The van der Waals surface area contributed by atoms with Crippen LogP contribution in [0.3, 0.4) is 0 Å². The molecular weight excluding hydrogens is 368 g/mol. The normalized spacial score (nSPS) is 16.7. The number of hydrogen-bond donors (Lipinski definition) is 2. The summed E-state index contributed by atoms with van der Waals surface area (Å²) in [7, 11) is 0.259. The lowest BCUT2D eigenvalue weighted by Gasteiger charge is -2.27. The molecule has 0 unspecified atom stereocenters. The minimum atomic E-state index is -3.51. The van der Waals surface area contributed by atoms with Gasteiger partial charge in [-0.2, -0.15) is 0 Å². The molecule has 1 heterocycles. The molecule has 1 fully saturated rings. The smallest absolute Gasteiger partial charge is 0.241 e. The molecule has 6 nitrogen and oxygen atoms in total. The van der Waals surface area contributed by atoms with Crippen LogP contribution in [0.2, 0.25) is 0 Å². The maximum absolute atomic E-state index is 12.5. The molecule has 1 aliphatic heterocycles. The number of sulfonamides is 1. The Morgan fingerprint density at radius 3 is 2.64 bits per heavy atom. The maximum atomic E-state index is 12.5. The fourth-order valence-electron chi connectivity index (χ4n) is 2.33. The van der Waals surface area contributed by atoms with Gasteiger partial charge in [-0.05, 0) is 34.1 Å². The van der Waals surface area contributed by atoms with Crippen LogP contribution in [-0.2, 0) is 10.0 Å². The van der Waals surface area contributed by atoms with E-state index in [0.29, 0.717) is 11.0 Å². The second-order valence-corrected chi connectivity index (χ2v) is 8.09. The van der Waals surface area contributed by atoms with Gasteiger partial charge < -0.3 is 10.2 Å². The van der Waals surface area contributed by atoms with E-state index in [1.807, 2.05) is 25.1 Å². The van der Waals surface area contributed by atoms with Gasteiger partial charge in [0, 0.05) is 63.5 Å². The topological polar surface area (TPSA) is 64.7 Å². The number of halogens is 1. The summed E-state index contributed by atoms with van der Waals surface area (Å²) in [4.78, 5) is 4.41. The van der Waals surface area contributed by atoms with Gasteiger partial charge in [-0.15, -0.1) is 0 Å². The van der Waals surface area contributed by atoms with Crippen molar-refractivity contribution in [3.05, 3.63) is 22.7 Å². The van der Waals surface area contributed by atoms with Crippen molar-refractivity contribution in [2.45, 2.75) is 4.90 Å². The van der Waals surface area contributed by atoms with Gasteiger partial charge in [-0.3, -0.25) is 4.90 Å². The van der Waals surface area contributed by atoms with E-state index in [9.17, 15) is 8.42 Å². The van der Waals surface area contributed by atoms with E-state index in [1.54, 1.807) is 12.1 Å². The first kappa shape index (κ1) is 17.7. The predicted octanol–water partition coefficient (Wildman–Crippen LogP) is 0.699. The highest BCUT2D eigenvalue weighted by Crippen LogP contribution is 2.26. The summed E-state index contributed by atoms with van der Waals surface area (Å²) < 4.78 is 28.2. The average Bonchev–Trinajstić information content (AvgIpc) is 2.48. The highest BCUT2D eigenvalue weighted by atomic mass is 79.9. The summed E-state index contributed by atoms with van der Waals surface area (Å²) >= 11 is 3.33. The number of hydrogen-bond acceptors (Lipinski definition) is 5. The van der Waals surface area contributed by atoms with Gasteiger partial charge in [0.15, 0.2) is 0 Å². The van der Waals surface area contributed by atoms with E-state index in [1.165, 1.54) is 0 Å². The van der Waals surface area contributed by atoms with Crippen molar-refractivity contribution in [1.82, 2.24) is 14.9 Å². The first-order chi connectivity index (χ1) is 10.4. The van der Waals surface area contributed by atoms with Gasteiger partial charge >= 0.3 is 0 Å². The van der Waals surface area contributed by atoms with Crippen LogP contribution >= 0.6 is 15.9 Å². The molecule has 0 aromatic heterocycles. The summed E-state index contributed by atoms with van der Waals surface area (Å²) in [5, 5.41) is 3.28. The molecule has 1 aromatic carbocycles. The van der Waals surface area contributed by atoms with Gasteiger partial charge in [0.05, 0.1) is 4.90 Å². The summed E-state index contributed by atoms with van der Waals surface area (Å²) in [5.41, 5.74) is 0.852. The maximum Gasteiger partial charge on any atom is 0.241 e. The first-order valence-corrected chi connectivity index (χ1v) is 9.57. The Labute approximate surface area is 141 Å². The monoisotopic (exact) mass is 390 g/mol. The number of rotatable bonds is 6. The molecule has 0 saturated carbocycles. The third-order valence-corrected chi connectivity index (χ3v) is 6.11. The van der Waals surface area contributed by atoms with E-state index in [2.05, 4.69) is 30.9 Å². The van der Waals surface area contributed by atoms with Gasteiger partial charge in [-0.1, -0.05) is 0 Å². The molecule has 22 heavy (non-hydrogen) atoms. The molecule has 124 valence electrons. The molecular formula is C14H23BrN4O2S. The van der Waals surface area contributed by atoms with E-state index in [0.717, 1.165) is 38.4 Å². The van der Waals surface area contributed by atoms with E-state index in [4.69, 9.17) is 0 Å². The van der Waals surface area contributed by atoms with Crippen LogP contribution in [0.1, 0.15) is 0 Å². The standard InChI is InChI=1S/C14H23BrN4O2S/c1-18(2)12-3-4-13(15)14(11-12)22(20,21)17-7-10-19-8-5-16-6-9-19/h3-4,11,16-17H,5-10H2,1-2H3. The van der Waals surface area contributed by atoms with Gasteiger partial charge in [0.25, 0.3) is 0 Å². The van der Waals surface area contributed by atoms with E-state index in [-0.39, 0.29) is 4.90 Å². The third kappa shape index (κ3) is 4.66. The predicted molar refractivity (Wildman–Crippen MR) is 93.0 cm³/mol. The number of nitrogens with one attached hydrogen (secondary N) is 2. The fraction of sp³-hybridized carbons (Fsp3) is 0.571. The number of nitrogens with zero attached hydrogens (tertiary/aromatic N) is 2. The molecule has 8 heteroatoms. The summed E-state index contributed by atoms with van der Waals surface area (Å²) in [6.07, 6.45) is 0.